The van der Waals surface area contributed by atoms with Crippen LogP contribution in [0.2, 0.25) is 0 Å². The number of Topliss-reactive ketones (excluding diaryl/α,β-unsaturated/α-hetero) is 1. The minimum atomic E-state index is -4.12. The highest BCUT2D eigenvalue weighted by Crippen LogP contribution is 2.38. The number of fused-ring (bicyclic) bond motifs is 2. The first kappa shape index (κ1) is 25.2. The van der Waals surface area contributed by atoms with Crippen molar-refractivity contribution in [3.05, 3.63) is 47.2 Å². The van der Waals surface area contributed by atoms with Gasteiger partial charge in [-0.1, -0.05) is 24.2 Å². The Hall–Kier alpha value is -3.07. The van der Waals surface area contributed by atoms with Crippen LogP contribution in [0, 0.1) is 11.1 Å². The van der Waals surface area contributed by atoms with E-state index in [0.29, 0.717) is 22.1 Å². The molecule has 0 radical (unpaired) electrons. The van der Waals surface area contributed by atoms with E-state index in [0.717, 1.165) is 32.7 Å². The molecule has 14 heteroatoms. The summed E-state index contributed by atoms with van der Waals surface area (Å²) >= 11 is 2.88. The van der Waals surface area contributed by atoms with Gasteiger partial charge in [-0.15, -0.1) is 11.3 Å². The Kier molecular flexibility index (Phi) is 6.37. The van der Waals surface area contributed by atoms with E-state index in [1.807, 2.05) is 11.4 Å². The molecular formula is C24H24N4O7S3. The molecule has 3 aromatic heterocycles. The van der Waals surface area contributed by atoms with Gasteiger partial charge in [-0.3, -0.25) is 9.59 Å². The number of likely N-dealkylation sites (tertiary alicyclic amines) is 1. The van der Waals surface area contributed by atoms with E-state index in [4.69, 9.17) is 4.74 Å². The SMILES string of the molecule is O=C(NC(CC1CC1)C(=O)N1CCC2C1C(=O)CN2S(=O)(=O)c1ccc[n+]([O-])c1)Oc1cc2sccc2s1. The van der Waals surface area contributed by atoms with Gasteiger partial charge in [0, 0.05) is 28.1 Å². The Bertz CT molecular complexity index is 1500. The molecule has 0 spiro atoms. The largest absolute Gasteiger partial charge is 0.619 e. The van der Waals surface area contributed by atoms with Crippen LogP contribution >= 0.6 is 22.7 Å². The van der Waals surface area contributed by atoms with Crippen LogP contribution in [0.4, 0.5) is 4.79 Å². The number of nitrogens with one attached hydrogen (secondary N) is 1. The first-order chi connectivity index (χ1) is 18.2. The number of pyridine rings is 1. The summed E-state index contributed by atoms with van der Waals surface area (Å²) in [5.74, 6) is -0.511. The highest BCUT2D eigenvalue weighted by molar-refractivity contribution is 7.89. The van der Waals surface area contributed by atoms with E-state index >= 15 is 0 Å². The summed E-state index contributed by atoms with van der Waals surface area (Å²) in [6, 6.07) is 3.79. The summed E-state index contributed by atoms with van der Waals surface area (Å²) in [7, 11) is -4.12. The van der Waals surface area contributed by atoms with Crippen molar-refractivity contribution in [2.45, 2.75) is 48.7 Å². The second-order valence-corrected chi connectivity index (χ2v) is 13.6. The van der Waals surface area contributed by atoms with Gasteiger partial charge in [0.05, 0.1) is 12.6 Å². The number of ketones is 1. The summed E-state index contributed by atoms with van der Waals surface area (Å²) in [5, 5.41) is 16.7. The van der Waals surface area contributed by atoms with Crippen molar-refractivity contribution in [2.75, 3.05) is 13.1 Å². The van der Waals surface area contributed by atoms with Crippen molar-refractivity contribution < 1.29 is 32.3 Å². The fourth-order valence-corrected chi connectivity index (χ4v) is 8.81. The number of carbonyl (C=O) groups excluding carboxylic acids is 3. The number of thiophene rings is 2. The highest BCUT2D eigenvalue weighted by Gasteiger charge is 2.55. The predicted octanol–water partition coefficient (Wildman–Crippen LogP) is 2.10. The molecular weight excluding hydrogens is 552 g/mol. The third kappa shape index (κ3) is 4.65. The van der Waals surface area contributed by atoms with Gasteiger partial charge in [-0.05, 0) is 36.3 Å². The average molecular weight is 577 g/mol. The van der Waals surface area contributed by atoms with Gasteiger partial charge in [0.2, 0.25) is 15.9 Å². The van der Waals surface area contributed by atoms with Crippen LogP contribution in [0.5, 0.6) is 5.06 Å². The number of hydrogen-bond donors (Lipinski definition) is 1. The van der Waals surface area contributed by atoms with Crippen LogP contribution in [0.1, 0.15) is 25.7 Å². The van der Waals surface area contributed by atoms with Crippen LogP contribution in [-0.4, -0.2) is 66.6 Å². The monoisotopic (exact) mass is 576 g/mol. The molecule has 6 rings (SSSR count). The molecule has 38 heavy (non-hydrogen) atoms. The second-order valence-electron chi connectivity index (χ2n) is 9.73. The maximum absolute atomic E-state index is 13.7. The normalized spacial score (nSPS) is 22.5. The number of sulfonamides is 1. The van der Waals surface area contributed by atoms with E-state index in [2.05, 4.69) is 5.32 Å². The zero-order chi connectivity index (χ0) is 26.6. The summed E-state index contributed by atoms with van der Waals surface area (Å²) in [5.41, 5.74) is 0. The van der Waals surface area contributed by atoms with Crippen molar-refractivity contribution in [1.82, 2.24) is 14.5 Å². The summed E-state index contributed by atoms with van der Waals surface area (Å²) in [6.45, 7) is -0.200. The Morgan fingerprint density at radius 1 is 1.24 bits per heavy atom. The summed E-state index contributed by atoms with van der Waals surface area (Å²) in [6.07, 6.45) is 3.98. The molecule has 2 aliphatic heterocycles. The lowest BCUT2D eigenvalue weighted by Gasteiger charge is -2.28. The molecule has 3 atom stereocenters. The number of aromatic nitrogens is 1. The lowest BCUT2D eigenvalue weighted by molar-refractivity contribution is -0.607. The summed E-state index contributed by atoms with van der Waals surface area (Å²) in [4.78, 5) is 40.6. The number of nitrogens with zero attached hydrogens (tertiary/aromatic N) is 3. The van der Waals surface area contributed by atoms with Gasteiger partial charge in [0.1, 0.15) is 17.0 Å². The zero-order valence-electron chi connectivity index (χ0n) is 20.0. The van der Waals surface area contributed by atoms with Crippen molar-refractivity contribution in [1.29, 1.82) is 0 Å². The molecule has 200 valence electrons. The molecule has 1 N–H and O–H groups in total. The van der Waals surface area contributed by atoms with E-state index < -0.39 is 40.1 Å². The molecule has 5 heterocycles. The van der Waals surface area contributed by atoms with Crippen LogP contribution in [0.25, 0.3) is 9.40 Å². The van der Waals surface area contributed by atoms with Crippen molar-refractivity contribution in [2.24, 2.45) is 5.92 Å². The molecule has 11 nitrogen and oxygen atoms in total. The molecule has 1 aliphatic carbocycles. The lowest BCUT2D eigenvalue weighted by Crippen LogP contribution is -2.53. The van der Waals surface area contributed by atoms with Crippen LogP contribution < -0.4 is 14.8 Å². The van der Waals surface area contributed by atoms with Gasteiger partial charge in [-0.25, -0.2) is 13.2 Å². The highest BCUT2D eigenvalue weighted by atomic mass is 32.2. The second kappa shape index (κ2) is 9.59. The van der Waals surface area contributed by atoms with Gasteiger partial charge >= 0.3 is 6.09 Å². The fraction of sp³-hybridized carbons (Fsp3) is 0.417. The standard InChI is InChI=1S/C24H24N4O7S3/c29-18-13-28(38(33,34)15-2-1-7-26(32)12-15)17-5-8-27(22(17)18)23(30)16(10-14-3-4-14)25-24(31)35-21-11-20-19(37-21)6-9-36-20/h1-2,6-7,9,11-12,14,16-17,22H,3-5,8,10,13H2,(H,25,31). The molecule has 0 bridgehead atoms. The van der Waals surface area contributed by atoms with E-state index in [-0.39, 0.29) is 30.2 Å². The maximum Gasteiger partial charge on any atom is 0.414 e. The number of hydrogen-bond acceptors (Lipinski definition) is 9. The number of carbonyl (C=O) groups is 3. The average Bonchev–Trinajstić information content (AvgIpc) is 3.18. The Labute approximate surface area is 226 Å². The smallest absolute Gasteiger partial charge is 0.414 e. The minimum absolute atomic E-state index is 0.182. The van der Waals surface area contributed by atoms with E-state index in [9.17, 15) is 28.0 Å². The molecule has 3 aromatic rings. The van der Waals surface area contributed by atoms with Crippen LogP contribution in [0.15, 0.2) is 46.9 Å². The number of amides is 2. The van der Waals surface area contributed by atoms with Gasteiger partial charge in [0.25, 0.3) is 0 Å². The Morgan fingerprint density at radius 2 is 2.05 bits per heavy atom. The molecule has 1 saturated carbocycles. The fourth-order valence-electron chi connectivity index (χ4n) is 5.23. The van der Waals surface area contributed by atoms with Crippen molar-refractivity contribution in [3.63, 3.8) is 0 Å². The van der Waals surface area contributed by atoms with E-state index in [1.165, 1.54) is 34.6 Å². The van der Waals surface area contributed by atoms with Gasteiger partial charge in [0.15, 0.2) is 23.2 Å². The van der Waals surface area contributed by atoms with Gasteiger partial charge < -0.3 is 20.2 Å². The first-order valence-corrected chi connectivity index (χ1v) is 15.3. The molecule has 3 unspecified atom stereocenters. The number of ether oxygens (including phenoxy) is 1. The number of rotatable bonds is 7. The third-order valence-corrected chi connectivity index (χ3v) is 11.0. The maximum atomic E-state index is 13.7. The summed E-state index contributed by atoms with van der Waals surface area (Å²) < 4.78 is 35.4. The zero-order valence-corrected chi connectivity index (χ0v) is 22.5. The third-order valence-electron chi connectivity index (χ3n) is 7.18. The molecule has 2 saturated heterocycles. The van der Waals surface area contributed by atoms with Crippen LogP contribution in [-0.2, 0) is 19.6 Å². The van der Waals surface area contributed by atoms with Gasteiger partial charge in [-0.2, -0.15) is 9.04 Å². The molecule has 3 fully saturated rings. The predicted molar refractivity (Wildman–Crippen MR) is 138 cm³/mol. The van der Waals surface area contributed by atoms with Crippen LogP contribution in [0.3, 0.4) is 0 Å². The van der Waals surface area contributed by atoms with Crippen molar-refractivity contribution >= 4 is 59.9 Å². The first-order valence-electron chi connectivity index (χ1n) is 12.2. The topological polar surface area (TPSA) is 140 Å². The molecule has 3 aliphatic rings. The quantitative estimate of drug-likeness (QED) is 0.336. The minimum Gasteiger partial charge on any atom is -0.619 e. The Morgan fingerprint density at radius 3 is 2.79 bits per heavy atom. The van der Waals surface area contributed by atoms with Crippen molar-refractivity contribution in [3.8, 4) is 5.06 Å². The molecule has 2 amide bonds. The lowest BCUT2D eigenvalue weighted by atomic mass is 10.1. The Balaban J connectivity index is 1.18. The van der Waals surface area contributed by atoms with E-state index in [1.54, 1.807) is 17.4 Å². The molecule has 0 aromatic carbocycles.